The summed E-state index contributed by atoms with van der Waals surface area (Å²) in [5.74, 6) is -2.31. The van der Waals surface area contributed by atoms with Gasteiger partial charge in [0, 0.05) is 31.3 Å². The molecule has 0 N–H and O–H groups in total. The van der Waals surface area contributed by atoms with Gasteiger partial charge in [-0.2, -0.15) is 23.3 Å². The quantitative estimate of drug-likeness (QED) is 0.593. The molecule has 142 valence electrons. The van der Waals surface area contributed by atoms with Gasteiger partial charge in [0.05, 0.1) is 0 Å². The molecule has 2 aromatic heterocycles. The predicted molar refractivity (Wildman–Crippen MR) is 83.7 cm³/mol. The van der Waals surface area contributed by atoms with Crippen LogP contribution in [0.3, 0.4) is 0 Å². The highest BCUT2D eigenvalue weighted by molar-refractivity contribution is 5.34. The maximum Gasteiger partial charge on any atom is 0.435 e. The number of alkyl halides is 3. The van der Waals surface area contributed by atoms with Crippen molar-refractivity contribution in [3.05, 3.63) is 59.3 Å². The van der Waals surface area contributed by atoms with E-state index in [0.29, 0.717) is 11.6 Å². The van der Waals surface area contributed by atoms with Crippen LogP contribution in [0.25, 0.3) is 0 Å². The van der Waals surface area contributed by atoms with Crippen molar-refractivity contribution >= 4 is 0 Å². The van der Waals surface area contributed by atoms with E-state index in [9.17, 15) is 22.0 Å². The third-order valence-corrected chi connectivity index (χ3v) is 3.37. The van der Waals surface area contributed by atoms with E-state index in [-0.39, 0.29) is 23.4 Å². The van der Waals surface area contributed by atoms with Crippen LogP contribution in [0.2, 0.25) is 0 Å². The van der Waals surface area contributed by atoms with Crippen LogP contribution in [0.5, 0.6) is 23.4 Å². The zero-order valence-corrected chi connectivity index (χ0v) is 14.0. The number of aryl methyl sites for hydroxylation is 2. The summed E-state index contributed by atoms with van der Waals surface area (Å²) >= 11 is 0. The van der Waals surface area contributed by atoms with E-state index in [4.69, 9.17) is 9.47 Å². The summed E-state index contributed by atoms with van der Waals surface area (Å²) in [4.78, 5) is 3.97. The van der Waals surface area contributed by atoms with Crippen molar-refractivity contribution in [1.82, 2.24) is 14.8 Å². The predicted octanol–water partition coefficient (Wildman–Crippen LogP) is 5.01. The van der Waals surface area contributed by atoms with E-state index >= 15 is 0 Å². The zero-order chi connectivity index (χ0) is 19.8. The van der Waals surface area contributed by atoms with Gasteiger partial charge in [-0.1, -0.05) is 0 Å². The fraction of sp³-hybridized carbons (Fsp3) is 0.176. The molecule has 0 saturated carbocycles. The largest absolute Gasteiger partial charge is 0.436 e. The van der Waals surface area contributed by atoms with Gasteiger partial charge in [0.1, 0.15) is 5.82 Å². The fourth-order valence-corrected chi connectivity index (χ4v) is 2.17. The molecule has 27 heavy (non-hydrogen) atoms. The Kier molecular flexibility index (Phi) is 4.73. The topological polar surface area (TPSA) is 49.2 Å². The van der Waals surface area contributed by atoms with E-state index in [1.165, 1.54) is 19.2 Å². The number of benzene rings is 1. The number of hydrogen-bond acceptors (Lipinski definition) is 4. The molecule has 0 bridgehead atoms. The van der Waals surface area contributed by atoms with Crippen LogP contribution in [0.1, 0.15) is 11.3 Å². The highest BCUT2D eigenvalue weighted by Crippen LogP contribution is 2.33. The first-order chi connectivity index (χ1) is 12.6. The first kappa shape index (κ1) is 18.6. The highest BCUT2D eigenvalue weighted by Gasteiger charge is 2.35. The molecular weight excluding hydrogens is 373 g/mol. The van der Waals surface area contributed by atoms with Gasteiger partial charge in [-0.3, -0.25) is 0 Å². The van der Waals surface area contributed by atoms with Crippen LogP contribution in [0, 0.1) is 18.6 Å². The summed E-state index contributed by atoms with van der Waals surface area (Å²) in [5, 5.41) is 3.33. The first-order valence-electron chi connectivity index (χ1n) is 7.52. The van der Waals surface area contributed by atoms with Crippen molar-refractivity contribution in [3.8, 4) is 23.4 Å². The molecule has 0 aliphatic rings. The van der Waals surface area contributed by atoms with Gasteiger partial charge in [0.25, 0.3) is 0 Å². The zero-order valence-electron chi connectivity index (χ0n) is 14.0. The average Bonchev–Trinajstić information content (AvgIpc) is 2.91. The summed E-state index contributed by atoms with van der Waals surface area (Å²) in [7, 11) is 1.28. The second kappa shape index (κ2) is 6.86. The molecule has 0 aliphatic heterocycles. The molecule has 2 heterocycles. The van der Waals surface area contributed by atoms with Crippen molar-refractivity contribution in [1.29, 1.82) is 0 Å². The lowest BCUT2D eigenvalue weighted by molar-refractivity contribution is -0.141. The summed E-state index contributed by atoms with van der Waals surface area (Å²) in [5.41, 5.74) is -0.520. The van der Waals surface area contributed by atoms with E-state index in [0.717, 1.165) is 22.9 Å². The molecule has 3 aromatic rings. The molecule has 10 heteroatoms. The van der Waals surface area contributed by atoms with Gasteiger partial charge < -0.3 is 9.47 Å². The van der Waals surface area contributed by atoms with Crippen molar-refractivity contribution in [2.75, 3.05) is 0 Å². The van der Waals surface area contributed by atoms with Gasteiger partial charge in [-0.05, 0) is 24.6 Å². The van der Waals surface area contributed by atoms with Crippen LogP contribution in [0.15, 0.2) is 36.4 Å². The lowest BCUT2D eigenvalue weighted by atomic mass is 10.3. The van der Waals surface area contributed by atoms with E-state index < -0.39 is 23.5 Å². The highest BCUT2D eigenvalue weighted by atomic mass is 19.4. The minimum absolute atomic E-state index is 0.0753. The smallest absolute Gasteiger partial charge is 0.435 e. The first-order valence-corrected chi connectivity index (χ1v) is 7.52. The Morgan fingerprint density at radius 2 is 1.63 bits per heavy atom. The Bertz CT molecular complexity index is 985. The Hall–Kier alpha value is -3.17. The second-order valence-electron chi connectivity index (χ2n) is 5.59. The minimum Gasteiger partial charge on any atom is -0.436 e. The van der Waals surface area contributed by atoms with Crippen LogP contribution in [0.4, 0.5) is 22.0 Å². The van der Waals surface area contributed by atoms with Gasteiger partial charge in [-0.25, -0.2) is 13.5 Å². The monoisotopic (exact) mass is 385 g/mol. The Morgan fingerprint density at radius 3 is 2.22 bits per heavy atom. The number of rotatable bonds is 4. The van der Waals surface area contributed by atoms with Crippen LogP contribution < -0.4 is 9.47 Å². The van der Waals surface area contributed by atoms with Gasteiger partial charge >= 0.3 is 6.18 Å². The Balaban J connectivity index is 1.87. The summed E-state index contributed by atoms with van der Waals surface area (Å²) in [6.07, 6.45) is -4.62. The van der Waals surface area contributed by atoms with E-state index in [1.54, 1.807) is 6.92 Å². The van der Waals surface area contributed by atoms with Crippen molar-refractivity contribution in [2.45, 2.75) is 13.1 Å². The minimum atomic E-state index is -4.62. The number of nitrogens with zero attached hydrogens (tertiary/aromatic N) is 3. The average molecular weight is 385 g/mol. The molecule has 0 atom stereocenters. The molecular formula is C17H12F5N3O2. The third-order valence-electron chi connectivity index (χ3n) is 3.37. The number of hydrogen-bond donors (Lipinski definition) is 0. The normalized spacial score (nSPS) is 11.5. The second-order valence-corrected chi connectivity index (χ2v) is 5.59. The standard InChI is InChI=1S/C17H12F5N3O2/c1-9-5-14(26-12-4-3-10(18)7-11(12)19)23-15(6-9)27-16-8-13(17(20,21)22)24-25(16)2/h3-8H,1-2H3. The summed E-state index contributed by atoms with van der Waals surface area (Å²) in [6, 6.07) is 6.39. The lowest BCUT2D eigenvalue weighted by Gasteiger charge is -2.10. The SMILES string of the molecule is Cc1cc(Oc2ccc(F)cc2F)nc(Oc2cc(C(F)(F)F)nn2C)c1. The number of ether oxygens (including phenoxy) is 2. The van der Waals surface area contributed by atoms with Gasteiger partial charge in [0.15, 0.2) is 17.3 Å². The molecule has 1 aromatic carbocycles. The van der Waals surface area contributed by atoms with Crippen LogP contribution in [-0.2, 0) is 13.2 Å². The molecule has 0 fully saturated rings. The molecule has 0 aliphatic carbocycles. The maximum absolute atomic E-state index is 13.7. The lowest BCUT2D eigenvalue weighted by Crippen LogP contribution is -2.06. The molecule has 5 nitrogen and oxygen atoms in total. The third kappa shape index (κ3) is 4.33. The molecule has 0 spiro atoms. The number of pyridine rings is 1. The summed E-state index contributed by atoms with van der Waals surface area (Å²) in [6.45, 7) is 1.66. The van der Waals surface area contributed by atoms with E-state index in [1.807, 2.05) is 0 Å². The molecule has 0 amide bonds. The summed E-state index contributed by atoms with van der Waals surface area (Å²) < 4.78 is 76.4. The van der Waals surface area contributed by atoms with Crippen molar-refractivity contribution < 1.29 is 31.4 Å². The molecule has 0 unspecified atom stereocenters. The Labute approximate surface area is 150 Å². The Morgan fingerprint density at radius 1 is 0.963 bits per heavy atom. The number of halogens is 5. The van der Waals surface area contributed by atoms with Crippen molar-refractivity contribution in [2.24, 2.45) is 7.05 Å². The van der Waals surface area contributed by atoms with Gasteiger partial charge in [-0.15, -0.1) is 0 Å². The van der Waals surface area contributed by atoms with Crippen LogP contribution >= 0.6 is 0 Å². The number of aromatic nitrogens is 3. The van der Waals surface area contributed by atoms with E-state index in [2.05, 4.69) is 10.1 Å². The molecule has 0 saturated heterocycles. The fourth-order valence-electron chi connectivity index (χ4n) is 2.17. The maximum atomic E-state index is 13.7. The van der Waals surface area contributed by atoms with Crippen LogP contribution in [-0.4, -0.2) is 14.8 Å². The van der Waals surface area contributed by atoms with Crippen molar-refractivity contribution in [3.63, 3.8) is 0 Å². The molecule has 0 radical (unpaired) electrons. The molecule has 3 rings (SSSR count). The van der Waals surface area contributed by atoms with Gasteiger partial charge in [0.2, 0.25) is 17.6 Å².